The summed E-state index contributed by atoms with van der Waals surface area (Å²) in [6.45, 7) is 2.30. The first-order valence-corrected chi connectivity index (χ1v) is 7.15. The van der Waals surface area contributed by atoms with E-state index < -0.39 is 0 Å². The number of ether oxygens (including phenoxy) is 2. The van der Waals surface area contributed by atoms with Crippen molar-refractivity contribution in [3.63, 3.8) is 0 Å². The Kier molecular flexibility index (Phi) is 6.32. The van der Waals surface area contributed by atoms with Gasteiger partial charge in [0, 0.05) is 44.3 Å². The molecule has 0 spiro atoms. The van der Waals surface area contributed by atoms with E-state index in [-0.39, 0.29) is 6.03 Å². The van der Waals surface area contributed by atoms with Gasteiger partial charge in [0.05, 0.1) is 6.61 Å². The summed E-state index contributed by atoms with van der Waals surface area (Å²) in [7, 11) is 1.62. The standard InChI is InChI=1S/C16H21N3O3/c1-21-11-12-22-15-6-4-5-14(13-15)18-16(20)17-7-10-19-8-2-3-9-19/h2-6,8-9,13H,7,10-12H2,1H3,(H2,17,18,20). The summed E-state index contributed by atoms with van der Waals surface area (Å²) in [4.78, 5) is 11.8. The number of rotatable bonds is 8. The van der Waals surface area contributed by atoms with Crippen LogP contribution < -0.4 is 15.4 Å². The molecule has 0 radical (unpaired) electrons. The maximum Gasteiger partial charge on any atom is 0.319 e. The van der Waals surface area contributed by atoms with Crippen molar-refractivity contribution >= 4 is 11.7 Å². The number of amides is 2. The zero-order valence-corrected chi connectivity index (χ0v) is 12.6. The molecular weight excluding hydrogens is 282 g/mol. The normalized spacial score (nSPS) is 10.2. The van der Waals surface area contributed by atoms with E-state index in [1.165, 1.54) is 0 Å². The van der Waals surface area contributed by atoms with Crippen molar-refractivity contribution in [3.8, 4) is 5.75 Å². The molecule has 1 aromatic carbocycles. The largest absolute Gasteiger partial charge is 0.491 e. The molecule has 6 heteroatoms. The summed E-state index contributed by atoms with van der Waals surface area (Å²) in [5, 5.41) is 5.59. The van der Waals surface area contributed by atoms with E-state index in [9.17, 15) is 4.79 Å². The van der Waals surface area contributed by atoms with E-state index in [2.05, 4.69) is 10.6 Å². The number of nitrogens with zero attached hydrogens (tertiary/aromatic N) is 1. The number of carbonyl (C=O) groups excluding carboxylic acids is 1. The van der Waals surface area contributed by atoms with E-state index in [1.807, 2.05) is 47.3 Å². The molecular formula is C16H21N3O3. The maximum atomic E-state index is 11.8. The Morgan fingerprint density at radius 3 is 2.77 bits per heavy atom. The van der Waals surface area contributed by atoms with Gasteiger partial charge < -0.3 is 24.7 Å². The van der Waals surface area contributed by atoms with Gasteiger partial charge in [-0.05, 0) is 24.3 Å². The van der Waals surface area contributed by atoms with Gasteiger partial charge in [0.15, 0.2) is 0 Å². The Morgan fingerprint density at radius 2 is 2.00 bits per heavy atom. The Balaban J connectivity index is 1.74. The molecule has 1 aromatic heterocycles. The second kappa shape index (κ2) is 8.74. The lowest BCUT2D eigenvalue weighted by Gasteiger charge is -2.10. The van der Waals surface area contributed by atoms with Crippen LogP contribution >= 0.6 is 0 Å². The first kappa shape index (κ1) is 15.9. The minimum Gasteiger partial charge on any atom is -0.491 e. The predicted octanol–water partition coefficient (Wildman–Crippen LogP) is 2.33. The molecule has 0 aliphatic heterocycles. The van der Waals surface area contributed by atoms with Gasteiger partial charge in [0.2, 0.25) is 0 Å². The van der Waals surface area contributed by atoms with Gasteiger partial charge in [0.1, 0.15) is 12.4 Å². The van der Waals surface area contributed by atoms with Crippen LogP contribution in [0.25, 0.3) is 0 Å². The smallest absolute Gasteiger partial charge is 0.319 e. The highest BCUT2D eigenvalue weighted by Crippen LogP contribution is 2.17. The zero-order chi connectivity index (χ0) is 15.6. The predicted molar refractivity (Wildman–Crippen MR) is 85.3 cm³/mol. The van der Waals surface area contributed by atoms with Crippen LogP contribution in [0.4, 0.5) is 10.5 Å². The number of benzene rings is 1. The zero-order valence-electron chi connectivity index (χ0n) is 12.6. The Labute approximate surface area is 130 Å². The Bertz CT molecular complexity index is 570. The number of methoxy groups -OCH3 is 1. The molecule has 0 aliphatic carbocycles. The van der Waals surface area contributed by atoms with Crippen molar-refractivity contribution in [1.82, 2.24) is 9.88 Å². The average Bonchev–Trinajstić information content (AvgIpc) is 3.01. The van der Waals surface area contributed by atoms with Gasteiger partial charge in [-0.15, -0.1) is 0 Å². The van der Waals surface area contributed by atoms with E-state index in [0.717, 1.165) is 6.54 Å². The number of hydrogen-bond acceptors (Lipinski definition) is 3. The molecule has 2 amide bonds. The Morgan fingerprint density at radius 1 is 1.18 bits per heavy atom. The van der Waals surface area contributed by atoms with Crippen molar-refractivity contribution in [1.29, 1.82) is 0 Å². The van der Waals surface area contributed by atoms with Crippen LogP contribution in [0.1, 0.15) is 0 Å². The van der Waals surface area contributed by atoms with Gasteiger partial charge in [-0.1, -0.05) is 6.07 Å². The summed E-state index contributed by atoms with van der Waals surface area (Å²) in [5.74, 6) is 0.696. The molecule has 1 heterocycles. The summed E-state index contributed by atoms with van der Waals surface area (Å²) >= 11 is 0. The van der Waals surface area contributed by atoms with E-state index in [4.69, 9.17) is 9.47 Å². The van der Waals surface area contributed by atoms with Crippen LogP contribution in [-0.4, -0.2) is 37.5 Å². The fourth-order valence-electron chi connectivity index (χ4n) is 1.90. The third kappa shape index (κ3) is 5.49. The number of aromatic nitrogens is 1. The molecule has 0 saturated heterocycles. The minimum absolute atomic E-state index is 0.235. The monoisotopic (exact) mass is 303 g/mol. The van der Waals surface area contributed by atoms with Crippen molar-refractivity contribution < 1.29 is 14.3 Å². The summed E-state index contributed by atoms with van der Waals surface area (Å²) in [5.41, 5.74) is 0.688. The number of hydrogen-bond donors (Lipinski definition) is 2. The lowest BCUT2D eigenvalue weighted by Crippen LogP contribution is -2.31. The van der Waals surface area contributed by atoms with Crippen LogP contribution in [0.15, 0.2) is 48.8 Å². The highest BCUT2D eigenvalue weighted by Gasteiger charge is 2.02. The van der Waals surface area contributed by atoms with Crippen molar-refractivity contribution in [2.75, 3.05) is 32.2 Å². The summed E-state index contributed by atoms with van der Waals surface area (Å²) < 4.78 is 12.4. The van der Waals surface area contributed by atoms with Crippen LogP contribution in [0.3, 0.4) is 0 Å². The van der Waals surface area contributed by atoms with Crippen LogP contribution in [0, 0.1) is 0 Å². The van der Waals surface area contributed by atoms with Crippen molar-refractivity contribution in [3.05, 3.63) is 48.8 Å². The molecule has 6 nitrogen and oxygen atoms in total. The fraction of sp³-hybridized carbons (Fsp3) is 0.312. The molecule has 2 aromatic rings. The number of urea groups is 1. The van der Waals surface area contributed by atoms with E-state index >= 15 is 0 Å². The van der Waals surface area contributed by atoms with Crippen molar-refractivity contribution in [2.45, 2.75) is 6.54 Å². The van der Waals surface area contributed by atoms with Crippen LogP contribution in [-0.2, 0) is 11.3 Å². The first-order valence-electron chi connectivity index (χ1n) is 7.15. The molecule has 0 aliphatic rings. The second-order valence-electron chi connectivity index (χ2n) is 4.67. The van der Waals surface area contributed by atoms with Crippen LogP contribution in [0.5, 0.6) is 5.75 Å². The van der Waals surface area contributed by atoms with E-state index in [0.29, 0.717) is 31.2 Å². The van der Waals surface area contributed by atoms with Gasteiger partial charge in [-0.3, -0.25) is 0 Å². The maximum absolute atomic E-state index is 11.8. The SMILES string of the molecule is COCCOc1cccc(NC(=O)NCCn2cccc2)c1. The average molecular weight is 303 g/mol. The molecule has 0 atom stereocenters. The molecule has 0 bridgehead atoms. The van der Waals surface area contributed by atoms with Crippen LogP contribution in [0.2, 0.25) is 0 Å². The molecule has 0 unspecified atom stereocenters. The minimum atomic E-state index is -0.235. The molecule has 0 saturated carbocycles. The lowest BCUT2D eigenvalue weighted by atomic mass is 10.3. The second-order valence-corrected chi connectivity index (χ2v) is 4.67. The topological polar surface area (TPSA) is 64.5 Å². The number of nitrogens with one attached hydrogen (secondary N) is 2. The number of anilines is 1. The van der Waals surface area contributed by atoms with E-state index in [1.54, 1.807) is 13.2 Å². The highest BCUT2D eigenvalue weighted by molar-refractivity contribution is 5.89. The van der Waals surface area contributed by atoms with Gasteiger partial charge in [-0.2, -0.15) is 0 Å². The summed E-state index contributed by atoms with van der Waals surface area (Å²) in [6, 6.07) is 10.9. The lowest BCUT2D eigenvalue weighted by molar-refractivity contribution is 0.146. The molecule has 118 valence electrons. The molecule has 22 heavy (non-hydrogen) atoms. The molecule has 2 N–H and O–H groups in total. The van der Waals surface area contributed by atoms with Gasteiger partial charge in [-0.25, -0.2) is 4.79 Å². The quantitative estimate of drug-likeness (QED) is 0.736. The third-order valence-corrected chi connectivity index (χ3v) is 2.97. The first-order chi connectivity index (χ1) is 10.8. The third-order valence-electron chi connectivity index (χ3n) is 2.97. The molecule has 0 fully saturated rings. The highest BCUT2D eigenvalue weighted by atomic mass is 16.5. The fourth-order valence-corrected chi connectivity index (χ4v) is 1.90. The molecule has 2 rings (SSSR count). The summed E-state index contributed by atoms with van der Waals surface area (Å²) in [6.07, 6.45) is 3.92. The van der Waals surface area contributed by atoms with Crippen molar-refractivity contribution in [2.24, 2.45) is 0 Å². The van der Waals surface area contributed by atoms with Gasteiger partial charge in [0.25, 0.3) is 0 Å². The Hall–Kier alpha value is -2.47. The number of carbonyl (C=O) groups is 1. The van der Waals surface area contributed by atoms with Gasteiger partial charge >= 0.3 is 6.03 Å².